The van der Waals surface area contributed by atoms with Crippen molar-refractivity contribution < 1.29 is 9.84 Å². The lowest BCUT2D eigenvalue weighted by Gasteiger charge is -2.20. The summed E-state index contributed by atoms with van der Waals surface area (Å²) in [5.74, 6) is 0. The summed E-state index contributed by atoms with van der Waals surface area (Å²) in [6.45, 7) is 6.28. The predicted octanol–water partition coefficient (Wildman–Crippen LogP) is 0.0454. The van der Waals surface area contributed by atoms with Crippen molar-refractivity contribution in [1.82, 2.24) is 4.90 Å². The van der Waals surface area contributed by atoms with Gasteiger partial charge in [0.05, 0.1) is 12.7 Å². The molecule has 0 aliphatic carbocycles. The summed E-state index contributed by atoms with van der Waals surface area (Å²) >= 11 is 0. The number of nitrogens with zero attached hydrogens (tertiary/aromatic N) is 1. The fourth-order valence-electron chi connectivity index (χ4n) is 1.21. The van der Waals surface area contributed by atoms with Gasteiger partial charge in [0.15, 0.2) is 0 Å². The second-order valence-electron chi connectivity index (χ2n) is 2.81. The van der Waals surface area contributed by atoms with E-state index in [2.05, 4.69) is 4.90 Å². The van der Waals surface area contributed by atoms with Gasteiger partial charge >= 0.3 is 0 Å². The molecule has 1 heterocycles. The number of hydrogen-bond donors (Lipinski definition) is 1. The number of aliphatic hydroxyl groups excluding tert-OH is 1. The molecule has 1 aliphatic rings. The van der Waals surface area contributed by atoms with Crippen molar-refractivity contribution in [2.45, 2.75) is 26.2 Å². The molecule has 1 saturated heterocycles. The minimum Gasteiger partial charge on any atom is -0.392 e. The standard InChI is InChI=1S/C7H15NO2/c1-6(9)5-8-3-4-10-7(8)2/h6-7,9H,3-5H2,1-2H3. The molecule has 1 rings (SSSR count). The first-order valence-electron chi connectivity index (χ1n) is 3.74. The third-order valence-electron chi connectivity index (χ3n) is 1.75. The molecular formula is C7H15NO2. The van der Waals surface area contributed by atoms with Crippen LogP contribution < -0.4 is 0 Å². The Morgan fingerprint density at radius 3 is 2.90 bits per heavy atom. The quantitative estimate of drug-likeness (QED) is 0.595. The lowest BCUT2D eigenvalue weighted by atomic mass is 10.3. The molecule has 3 nitrogen and oxygen atoms in total. The van der Waals surface area contributed by atoms with Crippen molar-refractivity contribution >= 4 is 0 Å². The summed E-state index contributed by atoms with van der Waals surface area (Å²) in [6.07, 6.45) is -0.0567. The Morgan fingerprint density at radius 1 is 1.80 bits per heavy atom. The fraction of sp³-hybridized carbons (Fsp3) is 1.00. The van der Waals surface area contributed by atoms with E-state index in [1.165, 1.54) is 0 Å². The Labute approximate surface area is 61.6 Å². The Bertz CT molecular complexity index is 106. The molecule has 0 aromatic rings. The summed E-state index contributed by atoms with van der Waals surface area (Å²) in [4.78, 5) is 2.13. The highest BCUT2D eigenvalue weighted by Crippen LogP contribution is 2.08. The van der Waals surface area contributed by atoms with Crippen LogP contribution in [0.4, 0.5) is 0 Å². The zero-order chi connectivity index (χ0) is 7.56. The topological polar surface area (TPSA) is 32.7 Å². The molecule has 0 radical (unpaired) electrons. The number of hydrogen-bond acceptors (Lipinski definition) is 3. The van der Waals surface area contributed by atoms with E-state index in [1.807, 2.05) is 6.92 Å². The summed E-state index contributed by atoms with van der Waals surface area (Å²) in [6, 6.07) is 0. The van der Waals surface area contributed by atoms with Crippen LogP contribution in [0.5, 0.6) is 0 Å². The molecule has 1 N–H and O–H groups in total. The zero-order valence-corrected chi connectivity index (χ0v) is 6.58. The minimum atomic E-state index is -0.246. The lowest BCUT2D eigenvalue weighted by Crippen LogP contribution is -2.33. The molecule has 2 unspecified atom stereocenters. The normalized spacial score (nSPS) is 30.9. The molecule has 0 aromatic heterocycles. The van der Waals surface area contributed by atoms with Crippen LogP contribution in [-0.2, 0) is 4.74 Å². The van der Waals surface area contributed by atoms with Crippen LogP contribution in [0.3, 0.4) is 0 Å². The Morgan fingerprint density at radius 2 is 2.50 bits per heavy atom. The van der Waals surface area contributed by atoms with Crippen LogP contribution in [0.2, 0.25) is 0 Å². The Kier molecular flexibility index (Phi) is 2.65. The molecule has 10 heavy (non-hydrogen) atoms. The molecule has 1 aliphatic heterocycles. The van der Waals surface area contributed by atoms with E-state index in [4.69, 9.17) is 9.84 Å². The Hall–Kier alpha value is -0.120. The van der Waals surface area contributed by atoms with Crippen molar-refractivity contribution in [2.24, 2.45) is 0 Å². The number of aliphatic hydroxyl groups is 1. The molecule has 0 spiro atoms. The minimum absolute atomic E-state index is 0.189. The van der Waals surface area contributed by atoms with Gasteiger partial charge in [-0.25, -0.2) is 0 Å². The highest BCUT2D eigenvalue weighted by Gasteiger charge is 2.21. The summed E-state index contributed by atoms with van der Waals surface area (Å²) < 4.78 is 5.28. The maximum absolute atomic E-state index is 9.03. The van der Waals surface area contributed by atoms with Crippen molar-refractivity contribution in [3.05, 3.63) is 0 Å². The lowest BCUT2D eigenvalue weighted by molar-refractivity contribution is 0.0273. The maximum Gasteiger partial charge on any atom is 0.107 e. The van der Waals surface area contributed by atoms with Gasteiger partial charge in [0.1, 0.15) is 6.23 Å². The van der Waals surface area contributed by atoms with E-state index in [9.17, 15) is 0 Å². The summed E-state index contributed by atoms with van der Waals surface area (Å²) in [5.41, 5.74) is 0. The molecular weight excluding hydrogens is 130 g/mol. The van der Waals surface area contributed by atoms with Gasteiger partial charge in [0.25, 0.3) is 0 Å². The van der Waals surface area contributed by atoms with E-state index >= 15 is 0 Å². The largest absolute Gasteiger partial charge is 0.392 e. The summed E-state index contributed by atoms with van der Waals surface area (Å²) in [7, 11) is 0. The van der Waals surface area contributed by atoms with Crippen LogP contribution in [0.1, 0.15) is 13.8 Å². The van der Waals surface area contributed by atoms with Gasteiger partial charge in [-0.3, -0.25) is 4.90 Å². The molecule has 3 heteroatoms. The molecule has 2 atom stereocenters. The number of rotatable bonds is 2. The first-order chi connectivity index (χ1) is 4.70. The van der Waals surface area contributed by atoms with Gasteiger partial charge < -0.3 is 9.84 Å². The molecule has 0 aromatic carbocycles. The first-order valence-corrected chi connectivity index (χ1v) is 3.74. The monoisotopic (exact) mass is 145 g/mol. The number of ether oxygens (including phenoxy) is 1. The van der Waals surface area contributed by atoms with Gasteiger partial charge in [-0.2, -0.15) is 0 Å². The van der Waals surface area contributed by atoms with Gasteiger partial charge in [-0.15, -0.1) is 0 Å². The smallest absolute Gasteiger partial charge is 0.107 e. The van der Waals surface area contributed by atoms with Crippen molar-refractivity contribution in [3.8, 4) is 0 Å². The van der Waals surface area contributed by atoms with Crippen molar-refractivity contribution in [1.29, 1.82) is 0 Å². The maximum atomic E-state index is 9.03. The van der Waals surface area contributed by atoms with Crippen molar-refractivity contribution in [2.75, 3.05) is 19.7 Å². The van der Waals surface area contributed by atoms with E-state index < -0.39 is 0 Å². The first kappa shape index (κ1) is 7.98. The van der Waals surface area contributed by atoms with E-state index in [-0.39, 0.29) is 12.3 Å². The van der Waals surface area contributed by atoms with Gasteiger partial charge in [-0.1, -0.05) is 0 Å². The number of β-amino-alcohol motifs (C(OH)–C–C–N with tert-alkyl or cyclic N) is 1. The molecule has 0 saturated carbocycles. The summed E-state index contributed by atoms with van der Waals surface area (Å²) in [5, 5.41) is 9.03. The van der Waals surface area contributed by atoms with Crippen LogP contribution in [0.15, 0.2) is 0 Å². The highest BCUT2D eigenvalue weighted by atomic mass is 16.5. The second-order valence-corrected chi connectivity index (χ2v) is 2.81. The average molecular weight is 145 g/mol. The predicted molar refractivity (Wildman–Crippen MR) is 38.7 cm³/mol. The molecule has 0 amide bonds. The average Bonchev–Trinajstić information content (AvgIpc) is 2.15. The van der Waals surface area contributed by atoms with Crippen LogP contribution in [-0.4, -0.2) is 42.0 Å². The zero-order valence-electron chi connectivity index (χ0n) is 6.58. The third-order valence-corrected chi connectivity index (χ3v) is 1.75. The molecule has 0 bridgehead atoms. The molecule has 60 valence electrons. The van der Waals surface area contributed by atoms with Crippen molar-refractivity contribution in [3.63, 3.8) is 0 Å². The fourth-order valence-corrected chi connectivity index (χ4v) is 1.21. The SMILES string of the molecule is CC(O)CN1CCOC1C. The highest BCUT2D eigenvalue weighted by molar-refractivity contribution is 4.67. The van der Waals surface area contributed by atoms with Crippen LogP contribution in [0, 0.1) is 0 Å². The van der Waals surface area contributed by atoms with Gasteiger partial charge in [0.2, 0.25) is 0 Å². The van der Waals surface area contributed by atoms with Crippen LogP contribution in [0.25, 0.3) is 0 Å². The van der Waals surface area contributed by atoms with Gasteiger partial charge in [0, 0.05) is 13.1 Å². The third kappa shape index (κ3) is 1.94. The van der Waals surface area contributed by atoms with E-state index in [0.717, 1.165) is 19.7 Å². The second kappa shape index (κ2) is 3.32. The van der Waals surface area contributed by atoms with Crippen LogP contribution >= 0.6 is 0 Å². The Balaban J connectivity index is 2.26. The van der Waals surface area contributed by atoms with E-state index in [0.29, 0.717) is 0 Å². The molecule has 1 fully saturated rings. The van der Waals surface area contributed by atoms with E-state index in [1.54, 1.807) is 6.92 Å². The van der Waals surface area contributed by atoms with Gasteiger partial charge in [-0.05, 0) is 13.8 Å².